The van der Waals surface area contributed by atoms with Crippen molar-refractivity contribution in [3.63, 3.8) is 0 Å². The number of amides is 1. The molecule has 0 aromatic heterocycles. The minimum absolute atomic E-state index is 0.258. The Kier molecular flexibility index (Phi) is 7.22. The highest BCUT2D eigenvalue weighted by Crippen LogP contribution is 2.13. The number of rotatable bonds is 8. The molecule has 1 unspecified atom stereocenters. The summed E-state index contributed by atoms with van der Waals surface area (Å²) in [4.78, 5) is 10.6. The van der Waals surface area contributed by atoms with E-state index in [4.69, 9.17) is 9.84 Å². The van der Waals surface area contributed by atoms with Gasteiger partial charge in [-0.25, -0.2) is 4.79 Å². The minimum atomic E-state index is -1.05. The molecule has 0 aliphatic carbocycles. The molecular formula is C14H18BrNO3. The summed E-state index contributed by atoms with van der Waals surface area (Å²) in [5.41, 5.74) is 2.28. The molecule has 0 saturated heterocycles. The van der Waals surface area contributed by atoms with Crippen molar-refractivity contribution in [3.05, 3.63) is 48.0 Å². The van der Waals surface area contributed by atoms with Crippen LogP contribution in [0, 0.1) is 0 Å². The number of hydrogen-bond donors (Lipinski definition) is 2. The van der Waals surface area contributed by atoms with Gasteiger partial charge in [-0.2, -0.15) is 0 Å². The Labute approximate surface area is 121 Å². The van der Waals surface area contributed by atoms with E-state index in [1.807, 2.05) is 24.3 Å². The highest BCUT2D eigenvalue weighted by Gasteiger charge is 2.10. The van der Waals surface area contributed by atoms with Crippen LogP contribution in [-0.2, 0) is 16.7 Å². The zero-order valence-electron chi connectivity index (χ0n) is 10.6. The lowest BCUT2D eigenvalue weighted by Gasteiger charge is -2.16. The zero-order chi connectivity index (χ0) is 14.1. The van der Waals surface area contributed by atoms with Crippen molar-refractivity contribution in [1.29, 1.82) is 0 Å². The van der Waals surface area contributed by atoms with Crippen molar-refractivity contribution >= 4 is 22.0 Å². The average molecular weight is 328 g/mol. The molecule has 0 heterocycles. The Balaban J connectivity index is 2.46. The largest absolute Gasteiger partial charge is 0.465 e. The maximum absolute atomic E-state index is 10.6. The van der Waals surface area contributed by atoms with Crippen molar-refractivity contribution in [1.82, 2.24) is 5.32 Å². The fourth-order valence-corrected chi connectivity index (χ4v) is 2.23. The first-order chi connectivity index (χ1) is 9.17. The summed E-state index contributed by atoms with van der Waals surface area (Å²) in [5, 5.41) is 11.9. The molecule has 1 aromatic rings. The maximum Gasteiger partial charge on any atom is 0.404 e. The first-order valence-electron chi connectivity index (χ1n) is 5.98. The minimum Gasteiger partial charge on any atom is -0.465 e. The summed E-state index contributed by atoms with van der Waals surface area (Å²) >= 11 is 3.43. The smallest absolute Gasteiger partial charge is 0.404 e. The molecule has 1 amide bonds. The van der Waals surface area contributed by atoms with E-state index in [2.05, 4.69) is 27.8 Å². The molecular weight excluding hydrogens is 310 g/mol. The molecule has 0 radical (unpaired) electrons. The Morgan fingerprint density at radius 1 is 1.47 bits per heavy atom. The number of nitrogens with one attached hydrogen (secondary N) is 1. The Morgan fingerprint density at radius 2 is 2.16 bits per heavy atom. The van der Waals surface area contributed by atoms with Gasteiger partial charge in [-0.15, -0.1) is 6.58 Å². The summed E-state index contributed by atoms with van der Waals surface area (Å²) in [6, 6.07) is 7.72. The SMILES string of the molecule is C=CCC(COCc1ccccc1CBr)NC(=O)O. The topological polar surface area (TPSA) is 58.6 Å². The summed E-state index contributed by atoms with van der Waals surface area (Å²) in [5.74, 6) is 0. The van der Waals surface area contributed by atoms with E-state index in [0.29, 0.717) is 19.6 Å². The number of carbonyl (C=O) groups is 1. The van der Waals surface area contributed by atoms with Gasteiger partial charge in [0.05, 0.1) is 19.3 Å². The van der Waals surface area contributed by atoms with Gasteiger partial charge in [0.1, 0.15) is 0 Å². The summed E-state index contributed by atoms with van der Waals surface area (Å²) < 4.78 is 5.58. The second kappa shape index (κ2) is 8.72. The molecule has 0 spiro atoms. The van der Waals surface area contributed by atoms with Crippen LogP contribution in [0.5, 0.6) is 0 Å². The van der Waals surface area contributed by atoms with Gasteiger partial charge in [-0.3, -0.25) is 0 Å². The van der Waals surface area contributed by atoms with Crippen LogP contribution in [0.15, 0.2) is 36.9 Å². The van der Waals surface area contributed by atoms with Crippen LogP contribution in [0.1, 0.15) is 17.5 Å². The molecule has 19 heavy (non-hydrogen) atoms. The van der Waals surface area contributed by atoms with Gasteiger partial charge in [0, 0.05) is 5.33 Å². The highest BCUT2D eigenvalue weighted by atomic mass is 79.9. The van der Waals surface area contributed by atoms with Crippen LogP contribution in [-0.4, -0.2) is 23.8 Å². The molecule has 0 bridgehead atoms. The monoisotopic (exact) mass is 327 g/mol. The Bertz CT molecular complexity index is 423. The van der Waals surface area contributed by atoms with Crippen LogP contribution in [0.2, 0.25) is 0 Å². The second-order valence-corrected chi connectivity index (χ2v) is 4.65. The van der Waals surface area contributed by atoms with Crippen molar-refractivity contribution in [2.24, 2.45) is 0 Å². The van der Waals surface area contributed by atoms with Crippen molar-refractivity contribution in [3.8, 4) is 0 Å². The molecule has 0 aliphatic heterocycles. The second-order valence-electron chi connectivity index (χ2n) is 4.09. The quantitative estimate of drug-likeness (QED) is 0.569. The number of benzene rings is 1. The van der Waals surface area contributed by atoms with Crippen LogP contribution in [0.25, 0.3) is 0 Å². The van der Waals surface area contributed by atoms with Gasteiger partial charge in [0.25, 0.3) is 0 Å². The number of carboxylic acid groups (broad SMARTS) is 1. The van der Waals surface area contributed by atoms with Crippen molar-refractivity contribution in [2.45, 2.75) is 24.4 Å². The standard InChI is InChI=1S/C14H18BrNO3/c1-2-5-13(16-14(17)18)10-19-9-12-7-4-3-6-11(12)8-15/h2-4,6-7,13,16H,1,5,8-10H2,(H,17,18). The molecule has 1 rings (SSSR count). The number of alkyl halides is 1. The van der Waals surface area contributed by atoms with Crippen LogP contribution in [0.3, 0.4) is 0 Å². The van der Waals surface area contributed by atoms with Gasteiger partial charge in [-0.1, -0.05) is 46.3 Å². The van der Waals surface area contributed by atoms with Crippen molar-refractivity contribution in [2.75, 3.05) is 6.61 Å². The first kappa shape index (κ1) is 15.7. The predicted octanol–water partition coefficient (Wildman–Crippen LogP) is 3.31. The average Bonchev–Trinajstić information content (AvgIpc) is 2.39. The van der Waals surface area contributed by atoms with Crippen LogP contribution < -0.4 is 5.32 Å². The fourth-order valence-electron chi connectivity index (χ4n) is 1.68. The van der Waals surface area contributed by atoms with E-state index in [9.17, 15) is 4.79 Å². The van der Waals surface area contributed by atoms with Gasteiger partial charge >= 0.3 is 6.09 Å². The van der Waals surface area contributed by atoms with E-state index in [1.165, 1.54) is 5.56 Å². The lowest BCUT2D eigenvalue weighted by atomic mass is 10.1. The first-order valence-corrected chi connectivity index (χ1v) is 7.10. The lowest BCUT2D eigenvalue weighted by Crippen LogP contribution is -2.36. The highest BCUT2D eigenvalue weighted by molar-refractivity contribution is 9.08. The third-order valence-corrected chi connectivity index (χ3v) is 3.22. The summed E-state index contributed by atoms with van der Waals surface area (Å²) in [6.45, 7) is 4.40. The van der Waals surface area contributed by atoms with Crippen LogP contribution in [0.4, 0.5) is 4.79 Å². The molecule has 5 heteroatoms. The molecule has 0 fully saturated rings. The molecule has 4 nitrogen and oxygen atoms in total. The number of hydrogen-bond acceptors (Lipinski definition) is 2. The Hall–Kier alpha value is -1.33. The third-order valence-electron chi connectivity index (χ3n) is 2.62. The number of halogens is 1. The summed E-state index contributed by atoms with van der Waals surface area (Å²) in [6.07, 6.45) is 1.18. The summed E-state index contributed by atoms with van der Waals surface area (Å²) in [7, 11) is 0. The third kappa shape index (κ3) is 5.89. The zero-order valence-corrected chi connectivity index (χ0v) is 12.2. The fraction of sp³-hybridized carbons (Fsp3) is 0.357. The normalized spacial score (nSPS) is 11.8. The van der Waals surface area contributed by atoms with Gasteiger partial charge < -0.3 is 15.2 Å². The van der Waals surface area contributed by atoms with E-state index in [-0.39, 0.29) is 6.04 Å². The molecule has 2 N–H and O–H groups in total. The van der Waals surface area contributed by atoms with E-state index in [0.717, 1.165) is 10.9 Å². The van der Waals surface area contributed by atoms with Crippen molar-refractivity contribution < 1.29 is 14.6 Å². The van der Waals surface area contributed by atoms with E-state index >= 15 is 0 Å². The van der Waals surface area contributed by atoms with Crippen LogP contribution >= 0.6 is 15.9 Å². The number of ether oxygens (including phenoxy) is 1. The van der Waals surface area contributed by atoms with E-state index < -0.39 is 6.09 Å². The molecule has 104 valence electrons. The Morgan fingerprint density at radius 3 is 2.74 bits per heavy atom. The lowest BCUT2D eigenvalue weighted by molar-refractivity contribution is 0.0967. The maximum atomic E-state index is 10.6. The predicted molar refractivity (Wildman–Crippen MR) is 78.5 cm³/mol. The molecule has 1 atom stereocenters. The van der Waals surface area contributed by atoms with Gasteiger partial charge in [0.15, 0.2) is 0 Å². The van der Waals surface area contributed by atoms with Gasteiger partial charge in [0.2, 0.25) is 0 Å². The molecule has 0 aliphatic rings. The van der Waals surface area contributed by atoms with Gasteiger partial charge in [-0.05, 0) is 17.5 Å². The molecule has 0 saturated carbocycles. The molecule has 1 aromatic carbocycles. The van der Waals surface area contributed by atoms with E-state index in [1.54, 1.807) is 6.08 Å².